The maximum absolute atomic E-state index is 12.8. The maximum Gasteiger partial charge on any atom is 0.263 e. The first-order chi connectivity index (χ1) is 13.9. The number of halogens is 2. The first kappa shape index (κ1) is 19.5. The number of benzene rings is 2. The summed E-state index contributed by atoms with van der Waals surface area (Å²) in [7, 11) is -3.96. The largest absolute Gasteiger partial charge is 0.461 e. The average molecular weight is 450 g/mol. The first-order valence-corrected chi connectivity index (χ1v) is 10.6. The van der Waals surface area contributed by atoms with Crippen LogP contribution in [-0.4, -0.2) is 18.6 Å². The molecule has 1 N–H and O–H groups in total. The smallest absolute Gasteiger partial charge is 0.263 e. The van der Waals surface area contributed by atoms with Crippen LogP contribution in [-0.2, 0) is 16.4 Å². The average Bonchev–Trinajstić information content (AvgIpc) is 3.37. The second kappa shape index (κ2) is 7.90. The Labute approximate surface area is 176 Å². The zero-order chi connectivity index (χ0) is 20.4. The Bertz CT molecular complexity index is 1250. The van der Waals surface area contributed by atoms with Gasteiger partial charge in [0, 0.05) is 5.02 Å². The van der Waals surface area contributed by atoms with E-state index in [2.05, 4.69) is 14.9 Å². The number of hydrogen-bond donors (Lipinski definition) is 1. The number of hydrogen-bond acceptors (Lipinski definition) is 6. The molecule has 0 aliphatic heterocycles. The molecule has 0 atom stereocenters. The summed E-state index contributed by atoms with van der Waals surface area (Å²) in [5.74, 6) is 1.10. The molecule has 0 amide bonds. The molecule has 0 unspecified atom stereocenters. The zero-order valence-electron chi connectivity index (χ0n) is 14.7. The molecule has 2 aromatic carbocycles. The molecule has 2 heterocycles. The molecule has 29 heavy (non-hydrogen) atoms. The van der Waals surface area contributed by atoms with Gasteiger partial charge in [-0.3, -0.25) is 4.72 Å². The van der Waals surface area contributed by atoms with Crippen molar-refractivity contribution in [3.8, 4) is 11.6 Å². The Balaban J connectivity index is 1.61. The van der Waals surface area contributed by atoms with Crippen LogP contribution in [0.1, 0.15) is 11.5 Å². The van der Waals surface area contributed by atoms with Gasteiger partial charge in [0.2, 0.25) is 11.7 Å². The molecule has 0 saturated carbocycles. The molecule has 0 aliphatic carbocycles. The first-order valence-electron chi connectivity index (χ1n) is 8.34. The van der Waals surface area contributed by atoms with Crippen LogP contribution >= 0.6 is 23.2 Å². The number of para-hydroxylation sites is 1. The summed E-state index contributed by atoms with van der Waals surface area (Å²) in [6.45, 7) is 0. The van der Waals surface area contributed by atoms with E-state index in [0.717, 1.165) is 0 Å². The predicted molar refractivity (Wildman–Crippen MR) is 109 cm³/mol. The molecule has 0 radical (unpaired) electrons. The van der Waals surface area contributed by atoms with Crippen molar-refractivity contribution in [2.45, 2.75) is 11.3 Å². The summed E-state index contributed by atoms with van der Waals surface area (Å²) in [6.07, 6.45) is 1.73. The summed E-state index contributed by atoms with van der Waals surface area (Å²) >= 11 is 12.0. The fraction of sp³-hybridized carbons (Fsp3) is 0.0526. The number of sulfonamides is 1. The number of nitrogens with zero attached hydrogens (tertiary/aromatic N) is 2. The van der Waals surface area contributed by atoms with Gasteiger partial charge in [-0.2, -0.15) is 4.98 Å². The van der Waals surface area contributed by atoms with Crippen molar-refractivity contribution in [3.05, 3.63) is 82.4 Å². The molecule has 4 aromatic rings. The number of aromatic nitrogens is 2. The quantitative estimate of drug-likeness (QED) is 0.443. The van der Waals surface area contributed by atoms with Crippen LogP contribution in [0.2, 0.25) is 10.0 Å². The monoisotopic (exact) mass is 449 g/mol. The lowest BCUT2D eigenvalue weighted by molar-refractivity contribution is 0.384. The third kappa shape index (κ3) is 4.29. The van der Waals surface area contributed by atoms with Gasteiger partial charge in [0.25, 0.3) is 10.0 Å². The van der Waals surface area contributed by atoms with Crippen LogP contribution in [0.4, 0.5) is 5.69 Å². The van der Waals surface area contributed by atoms with Gasteiger partial charge in [0.1, 0.15) is 4.90 Å². The van der Waals surface area contributed by atoms with Gasteiger partial charge in [-0.25, -0.2) is 8.42 Å². The van der Waals surface area contributed by atoms with Gasteiger partial charge in [0.05, 0.1) is 23.4 Å². The lowest BCUT2D eigenvalue weighted by Crippen LogP contribution is -2.15. The van der Waals surface area contributed by atoms with Crippen molar-refractivity contribution in [2.24, 2.45) is 0 Å². The normalized spacial score (nSPS) is 11.5. The van der Waals surface area contributed by atoms with E-state index < -0.39 is 10.0 Å². The van der Waals surface area contributed by atoms with Crippen molar-refractivity contribution < 1.29 is 17.4 Å². The van der Waals surface area contributed by atoms with Crippen molar-refractivity contribution in [1.29, 1.82) is 0 Å². The predicted octanol–water partition coefficient (Wildman–Crippen LogP) is 5.03. The lowest BCUT2D eigenvalue weighted by atomic mass is 10.1. The summed E-state index contributed by atoms with van der Waals surface area (Å²) in [4.78, 5) is 4.17. The van der Waals surface area contributed by atoms with Crippen LogP contribution in [0.25, 0.3) is 11.6 Å². The number of rotatable bonds is 6. The summed E-state index contributed by atoms with van der Waals surface area (Å²) in [5, 5.41) is 4.21. The molecular weight excluding hydrogens is 437 g/mol. The minimum absolute atomic E-state index is 0.0689. The van der Waals surface area contributed by atoms with Crippen molar-refractivity contribution in [3.63, 3.8) is 0 Å². The fourth-order valence-corrected chi connectivity index (χ4v) is 4.52. The lowest BCUT2D eigenvalue weighted by Gasteiger charge is -2.13. The molecule has 0 aliphatic rings. The SMILES string of the molecule is O=S(=O)(Nc1ccccc1Cc1nc(-c2ccco2)no1)c1cc(Cl)ccc1Cl. The van der Waals surface area contributed by atoms with Crippen LogP contribution in [0.5, 0.6) is 0 Å². The highest BCUT2D eigenvalue weighted by atomic mass is 35.5. The molecular formula is C19H13Cl2N3O4S. The number of furan rings is 1. The van der Waals surface area contributed by atoms with Gasteiger partial charge >= 0.3 is 0 Å². The van der Waals surface area contributed by atoms with Crippen molar-refractivity contribution >= 4 is 38.9 Å². The molecule has 0 fully saturated rings. The van der Waals surface area contributed by atoms with E-state index in [1.54, 1.807) is 36.4 Å². The van der Waals surface area contributed by atoms with Crippen molar-refractivity contribution in [2.75, 3.05) is 4.72 Å². The van der Waals surface area contributed by atoms with Crippen LogP contribution in [0, 0.1) is 0 Å². The fourth-order valence-electron chi connectivity index (χ4n) is 2.65. The van der Waals surface area contributed by atoms with Gasteiger partial charge in [-0.15, -0.1) is 0 Å². The molecule has 148 valence electrons. The van der Waals surface area contributed by atoms with Gasteiger partial charge in [-0.1, -0.05) is 46.6 Å². The minimum Gasteiger partial charge on any atom is -0.461 e. The van der Waals surface area contributed by atoms with Crippen LogP contribution in [0.15, 0.2) is 74.7 Å². The summed E-state index contributed by atoms with van der Waals surface area (Å²) < 4.78 is 38.7. The highest BCUT2D eigenvalue weighted by Gasteiger charge is 2.21. The molecule has 0 saturated heterocycles. The zero-order valence-corrected chi connectivity index (χ0v) is 17.0. The van der Waals surface area contributed by atoms with E-state index in [9.17, 15) is 8.42 Å². The van der Waals surface area contributed by atoms with Gasteiger partial charge in [-0.05, 0) is 42.0 Å². The Morgan fingerprint density at radius 1 is 1.03 bits per heavy atom. The second-order valence-electron chi connectivity index (χ2n) is 6.00. The standard InChI is InChI=1S/C19H13Cl2N3O4S/c20-13-7-8-14(21)17(11-13)29(25,26)24-15-5-2-1-4-12(15)10-18-22-19(23-28-18)16-6-3-9-27-16/h1-9,11,24H,10H2. The van der Waals surface area contributed by atoms with Crippen molar-refractivity contribution in [1.82, 2.24) is 10.1 Å². The third-order valence-electron chi connectivity index (χ3n) is 4.00. The van der Waals surface area contributed by atoms with Crippen LogP contribution in [0.3, 0.4) is 0 Å². The molecule has 2 aromatic heterocycles. The third-order valence-corrected chi connectivity index (χ3v) is 6.08. The van der Waals surface area contributed by atoms with Gasteiger partial charge < -0.3 is 8.94 Å². The molecule has 0 spiro atoms. The number of nitrogens with one attached hydrogen (secondary N) is 1. The molecule has 4 rings (SSSR count). The highest BCUT2D eigenvalue weighted by Crippen LogP contribution is 2.28. The van der Waals surface area contributed by atoms with E-state index in [0.29, 0.717) is 28.7 Å². The van der Waals surface area contributed by atoms with E-state index in [1.807, 2.05) is 0 Å². The minimum atomic E-state index is -3.96. The highest BCUT2D eigenvalue weighted by molar-refractivity contribution is 7.92. The van der Waals surface area contributed by atoms with E-state index in [-0.39, 0.29) is 21.4 Å². The topological polar surface area (TPSA) is 98.2 Å². The number of anilines is 1. The molecule has 0 bridgehead atoms. The molecule has 7 nitrogen and oxygen atoms in total. The van der Waals surface area contributed by atoms with E-state index in [1.165, 1.54) is 24.5 Å². The van der Waals surface area contributed by atoms with E-state index in [4.69, 9.17) is 32.1 Å². The Morgan fingerprint density at radius 3 is 2.66 bits per heavy atom. The Hall–Kier alpha value is -2.81. The maximum atomic E-state index is 12.8. The summed E-state index contributed by atoms with van der Waals surface area (Å²) in [6, 6.07) is 14.6. The Morgan fingerprint density at radius 2 is 1.86 bits per heavy atom. The van der Waals surface area contributed by atoms with Gasteiger partial charge in [0.15, 0.2) is 5.76 Å². The summed E-state index contributed by atoms with van der Waals surface area (Å²) in [5.41, 5.74) is 1.00. The molecule has 10 heteroatoms. The Kier molecular flexibility index (Phi) is 5.31. The van der Waals surface area contributed by atoms with E-state index >= 15 is 0 Å². The van der Waals surface area contributed by atoms with Crippen LogP contribution < -0.4 is 4.72 Å². The second-order valence-corrected chi connectivity index (χ2v) is 8.50.